The molecule has 1 fully saturated rings. The van der Waals surface area contributed by atoms with Crippen molar-refractivity contribution in [3.8, 4) is 16.9 Å². The highest BCUT2D eigenvalue weighted by molar-refractivity contribution is 5.82. The summed E-state index contributed by atoms with van der Waals surface area (Å²) in [6.45, 7) is 0.237. The monoisotopic (exact) mass is 396 g/mol. The summed E-state index contributed by atoms with van der Waals surface area (Å²) in [5.74, 6) is -0.870. The van der Waals surface area contributed by atoms with Crippen molar-refractivity contribution in [2.75, 3.05) is 26.3 Å². The first-order chi connectivity index (χ1) is 14.0. The Morgan fingerprint density at radius 1 is 0.931 bits per heavy atom. The quantitative estimate of drug-likeness (QED) is 0.722. The zero-order valence-corrected chi connectivity index (χ0v) is 16.1. The molecule has 0 bridgehead atoms. The standard InChI is InChI=1S/C22H24N2O5/c23-22(27)17-10-12-24(13-11-17)20(25)14-29-21(26)15-28-19-9-5-4-8-18(19)16-6-2-1-3-7-16/h1-9,17H,10-15H2,(H2,23,27). The molecular weight excluding hydrogens is 372 g/mol. The third-order valence-electron chi connectivity index (χ3n) is 4.92. The maximum Gasteiger partial charge on any atom is 0.344 e. The van der Waals surface area contributed by atoms with Crippen molar-refractivity contribution in [3.63, 3.8) is 0 Å². The SMILES string of the molecule is NC(=O)C1CCN(C(=O)COC(=O)COc2ccccc2-c2ccccc2)CC1. The molecule has 1 aliphatic heterocycles. The molecule has 3 rings (SSSR count). The molecule has 1 heterocycles. The molecule has 0 radical (unpaired) electrons. The summed E-state index contributed by atoms with van der Waals surface area (Å²) in [5.41, 5.74) is 7.14. The van der Waals surface area contributed by atoms with Crippen LogP contribution in [0.2, 0.25) is 0 Å². The van der Waals surface area contributed by atoms with Crippen LogP contribution in [0.3, 0.4) is 0 Å². The highest BCUT2D eigenvalue weighted by atomic mass is 16.6. The van der Waals surface area contributed by atoms with E-state index in [0.29, 0.717) is 31.7 Å². The maximum absolute atomic E-state index is 12.2. The third kappa shape index (κ3) is 5.57. The molecule has 2 N–H and O–H groups in total. The average molecular weight is 396 g/mol. The first kappa shape index (κ1) is 20.4. The Morgan fingerprint density at radius 3 is 2.28 bits per heavy atom. The van der Waals surface area contributed by atoms with Gasteiger partial charge in [0.05, 0.1) is 0 Å². The van der Waals surface area contributed by atoms with Crippen LogP contribution in [0.25, 0.3) is 11.1 Å². The van der Waals surface area contributed by atoms with Crippen molar-refractivity contribution in [1.82, 2.24) is 4.90 Å². The van der Waals surface area contributed by atoms with Crippen LogP contribution in [0.1, 0.15) is 12.8 Å². The minimum absolute atomic E-state index is 0.195. The highest BCUT2D eigenvalue weighted by Gasteiger charge is 2.26. The first-order valence-electron chi connectivity index (χ1n) is 9.54. The second-order valence-electron chi connectivity index (χ2n) is 6.87. The fraction of sp³-hybridized carbons (Fsp3) is 0.318. The summed E-state index contributed by atoms with van der Waals surface area (Å²) in [7, 11) is 0. The molecule has 0 aliphatic carbocycles. The number of ether oxygens (including phenoxy) is 2. The number of amides is 2. The first-order valence-corrected chi connectivity index (χ1v) is 9.54. The average Bonchev–Trinajstić information content (AvgIpc) is 2.77. The van der Waals surface area contributed by atoms with E-state index in [9.17, 15) is 14.4 Å². The number of benzene rings is 2. The van der Waals surface area contributed by atoms with Gasteiger partial charge in [-0.05, 0) is 24.5 Å². The van der Waals surface area contributed by atoms with E-state index in [1.54, 1.807) is 11.0 Å². The highest BCUT2D eigenvalue weighted by Crippen LogP contribution is 2.29. The van der Waals surface area contributed by atoms with E-state index in [-0.39, 0.29) is 30.9 Å². The van der Waals surface area contributed by atoms with E-state index < -0.39 is 5.97 Å². The largest absolute Gasteiger partial charge is 0.481 e. The molecule has 152 valence electrons. The second kappa shape index (κ2) is 9.73. The lowest BCUT2D eigenvalue weighted by molar-refractivity contribution is -0.154. The van der Waals surface area contributed by atoms with Crippen LogP contribution in [0.15, 0.2) is 54.6 Å². The summed E-state index contributed by atoms with van der Waals surface area (Å²) in [5, 5.41) is 0. The van der Waals surface area contributed by atoms with Gasteiger partial charge in [0, 0.05) is 24.6 Å². The van der Waals surface area contributed by atoms with E-state index in [0.717, 1.165) is 11.1 Å². The van der Waals surface area contributed by atoms with Crippen molar-refractivity contribution in [1.29, 1.82) is 0 Å². The van der Waals surface area contributed by atoms with E-state index in [2.05, 4.69) is 0 Å². The molecule has 0 unspecified atom stereocenters. The van der Waals surface area contributed by atoms with Gasteiger partial charge in [-0.2, -0.15) is 0 Å². The van der Waals surface area contributed by atoms with Crippen molar-refractivity contribution < 1.29 is 23.9 Å². The minimum atomic E-state index is -0.617. The Kier molecular flexibility index (Phi) is 6.84. The zero-order valence-electron chi connectivity index (χ0n) is 16.1. The predicted molar refractivity (Wildman–Crippen MR) is 107 cm³/mol. The van der Waals surface area contributed by atoms with E-state index in [4.69, 9.17) is 15.2 Å². The molecule has 0 spiro atoms. The van der Waals surface area contributed by atoms with Gasteiger partial charge in [0.25, 0.3) is 5.91 Å². The van der Waals surface area contributed by atoms with Crippen LogP contribution in [-0.4, -0.2) is 49.0 Å². The van der Waals surface area contributed by atoms with Crippen molar-refractivity contribution >= 4 is 17.8 Å². The number of hydrogen-bond donors (Lipinski definition) is 1. The molecular formula is C22H24N2O5. The van der Waals surface area contributed by atoms with Gasteiger partial charge in [0.15, 0.2) is 13.2 Å². The normalized spacial score (nSPS) is 14.3. The maximum atomic E-state index is 12.2. The Bertz CT molecular complexity index is 861. The third-order valence-corrected chi connectivity index (χ3v) is 4.92. The molecule has 7 heteroatoms. The van der Waals surface area contributed by atoms with Gasteiger partial charge < -0.3 is 20.1 Å². The van der Waals surface area contributed by atoms with Crippen LogP contribution in [-0.2, 0) is 19.1 Å². The van der Waals surface area contributed by atoms with Crippen LogP contribution >= 0.6 is 0 Å². The zero-order chi connectivity index (χ0) is 20.6. The number of primary amides is 1. The molecule has 2 aromatic rings. The number of likely N-dealkylation sites (tertiary alicyclic amines) is 1. The molecule has 29 heavy (non-hydrogen) atoms. The number of carbonyl (C=O) groups excluding carboxylic acids is 3. The number of rotatable bonds is 7. The van der Waals surface area contributed by atoms with Gasteiger partial charge in [-0.25, -0.2) is 4.79 Å². The molecule has 7 nitrogen and oxygen atoms in total. The molecule has 1 aliphatic rings. The van der Waals surface area contributed by atoms with Crippen LogP contribution in [0, 0.1) is 5.92 Å². The molecule has 0 saturated carbocycles. The smallest absolute Gasteiger partial charge is 0.344 e. The lowest BCUT2D eigenvalue weighted by Gasteiger charge is -2.30. The van der Waals surface area contributed by atoms with E-state index >= 15 is 0 Å². The van der Waals surface area contributed by atoms with Crippen molar-refractivity contribution in [2.24, 2.45) is 11.7 Å². The van der Waals surface area contributed by atoms with Crippen LogP contribution in [0.5, 0.6) is 5.75 Å². The van der Waals surface area contributed by atoms with E-state index in [1.165, 1.54) is 0 Å². The topological polar surface area (TPSA) is 98.9 Å². The lowest BCUT2D eigenvalue weighted by Crippen LogP contribution is -2.43. The molecule has 1 saturated heterocycles. The summed E-state index contributed by atoms with van der Waals surface area (Å²) in [4.78, 5) is 37.0. The fourth-order valence-electron chi connectivity index (χ4n) is 3.27. The van der Waals surface area contributed by atoms with Crippen LogP contribution in [0.4, 0.5) is 0 Å². The van der Waals surface area contributed by atoms with Gasteiger partial charge in [-0.3, -0.25) is 9.59 Å². The molecule has 0 aromatic heterocycles. The Morgan fingerprint density at radius 2 is 1.59 bits per heavy atom. The van der Waals surface area contributed by atoms with Gasteiger partial charge in [-0.1, -0.05) is 48.5 Å². The van der Waals surface area contributed by atoms with Gasteiger partial charge in [0.2, 0.25) is 5.91 Å². The summed E-state index contributed by atoms with van der Waals surface area (Å²) in [6.07, 6.45) is 1.07. The Labute approximate surface area is 169 Å². The number of nitrogens with two attached hydrogens (primary N) is 1. The van der Waals surface area contributed by atoms with Gasteiger partial charge in [-0.15, -0.1) is 0 Å². The number of hydrogen-bond acceptors (Lipinski definition) is 5. The summed E-state index contributed by atoms with van der Waals surface area (Å²) in [6, 6.07) is 17.1. The van der Waals surface area contributed by atoms with E-state index in [1.807, 2.05) is 48.5 Å². The van der Waals surface area contributed by atoms with Crippen LogP contribution < -0.4 is 10.5 Å². The Hall–Kier alpha value is -3.35. The molecule has 2 aromatic carbocycles. The second-order valence-corrected chi connectivity index (χ2v) is 6.87. The number of para-hydroxylation sites is 1. The van der Waals surface area contributed by atoms with Crippen molar-refractivity contribution in [3.05, 3.63) is 54.6 Å². The molecule has 2 amide bonds. The van der Waals surface area contributed by atoms with Crippen molar-refractivity contribution in [2.45, 2.75) is 12.8 Å². The Balaban J connectivity index is 1.46. The molecule has 0 atom stereocenters. The fourth-order valence-corrected chi connectivity index (χ4v) is 3.27. The number of piperidine rings is 1. The minimum Gasteiger partial charge on any atom is -0.481 e. The number of nitrogens with zero attached hydrogens (tertiary/aromatic N) is 1. The lowest BCUT2D eigenvalue weighted by atomic mass is 9.96. The van der Waals surface area contributed by atoms with Gasteiger partial charge >= 0.3 is 5.97 Å². The number of carbonyl (C=O) groups is 3. The number of esters is 1. The summed E-state index contributed by atoms with van der Waals surface area (Å²) >= 11 is 0. The van der Waals surface area contributed by atoms with Gasteiger partial charge in [0.1, 0.15) is 5.75 Å². The summed E-state index contributed by atoms with van der Waals surface area (Å²) < 4.78 is 10.7. The predicted octanol–water partition coefficient (Wildman–Crippen LogP) is 2.00.